The second-order valence-corrected chi connectivity index (χ2v) is 6.40. The van der Waals surface area contributed by atoms with E-state index in [9.17, 15) is 0 Å². The molecule has 1 saturated heterocycles. The van der Waals surface area contributed by atoms with Crippen molar-refractivity contribution in [1.82, 2.24) is 0 Å². The quantitative estimate of drug-likeness (QED) is 0.516. The van der Waals surface area contributed by atoms with Crippen LogP contribution in [0.1, 0.15) is 39.5 Å². The molecule has 3 nitrogen and oxygen atoms in total. The number of hydrogen-bond donors (Lipinski definition) is 0. The van der Waals surface area contributed by atoms with Gasteiger partial charge < -0.3 is 13.6 Å². The zero-order valence-electron chi connectivity index (χ0n) is 9.83. The molecule has 2 fully saturated rings. The lowest BCUT2D eigenvalue weighted by Crippen LogP contribution is -2.32. The summed E-state index contributed by atoms with van der Waals surface area (Å²) in [5, 5.41) is 0. The van der Waals surface area contributed by atoms with E-state index in [1.807, 2.05) is 13.8 Å². The van der Waals surface area contributed by atoms with Crippen molar-refractivity contribution in [3.8, 4) is 0 Å². The van der Waals surface area contributed by atoms with E-state index in [1.54, 1.807) is 0 Å². The van der Waals surface area contributed by atoms with E-state index in [1.165, 1.54) is 25.7 Å². The minimum Gasteiger partial charge on any atom is -0.397 e. The Morgan fingerprint density at radius 3 is 2.60 bits per heavy atom. The average molecular weight is 230 g/mol. The van der Waals surface area contributed by atoms with Crippen molar-refractivity contribution in [3.05, 3.63) is 0 Å². The van der Waals surface area contributed by atoms with Crippen molar-refractivity contribution >= 4 is 9.28 Å². The van der Waals surface area contributed by atoms with E-state index in [0.717, 1.165) is 19.3 Å². The third-order valence-corrected chi connectivity index (χ3v) is 5.87. The highest BCUT2D eigenvalue weighted by molar-refractivity contribution is 6.44. The van der Waals surface area contributed by atoms with Gasteiger partial charge in [-0.2, -0.15) is 0 Å². The lowest BCUT2D eigenvalue weighted by atomic mass is 9.91. The molecule has 1 saturated carbocycles. The fraction of sp³-hybridized carbons (Fsp3) is 1.00. The predicted octanol–water partition coefficient (Wildman–Crippen LogP) is 1.99. The molecular formula is C11H22O3Si. The molecule has 4 heteroatoms. The summed E-state index contributed by atoms with van der Waals surface area (Å²) < 4.78 is 17.3. The first-order valence-electron chi connectivity index (χ1n) is 6.22. The monoisotopic (exact) mass is 230 g/mol. The molecule has 0 radical (unpaired) electrons. The number of epoxide rings is 1. The summed E-state index contributed by atoms with van der Waals surface area (Å²) in [6, 6.07) is 1.05. The van der Waals surface area contributed by atoms with Crippen LogP contribution in [0.25, 0.3) is 0 Å². The van der Waals surface area contributed by atoms with Gasteiger partial charge in [-0.15, -0.1) is 0 Å². The Kier molecular flexibility index (Phi) is 3.82. The minimum atomic E-state index is -1.46. The lowest BCUT2D eigenvalue weighted by molar-refractivity contribution is 0.198. The van der Waals surface area contributed by atoms with E-state index >= 15 is 0 Å². The molecule has 0 bridgehead atoms. The largest absolute Gasteiger partial charge is 0.397 e. The van der Waals surface area contributed by atoms with E-state index in [0.29, 0.717) is 6.10 Å². The Bertz CT molecular complexity index is 206. The molecule has 2 rings (SSSR count). The number of fused-ring (bicyclic) bond motifs is 1. The Balaban J connectivity index is 1.83. The van der Waals surface area contributed by atoms with Gasteiger partial charge in [0.1, 0.15) is 0 Å². The van der Waals surface area contributed by atoms with E-state index in [2.05, 4.69) is 0 Å². The van der Waals surface area contributed by atoms with Gasteiger partial charge in [-0.1, -0.05) is 12.8 Å². The Morgan fingerprint density at radius 1 is 1.27 bits per heavy atom. The van der Waals surface area contributed by atoms with Crippen LogP contribution in [0, 0.1) is 0 Å². The summed E-state index contributed by atoms with van der Waals surface area (Å²) >= 11 is 0. The van der Waals surface area contributed by atoms with Crippen LogP contribution in [0.4, 0.5) is 0 Å². The van der Waals surface area contributed by atoms with E-state index in [-0.39, 0.29) is 5.60 Å². The maximum Gasteiger partial charge on any atom is 0.324 e. The van der Waals surface area contributed by atoms with Gasteiger partial charge in [0.15, 0.2) is 0 Å². The average Bonchev–Trinajstić information content (AvgIpc) is 2.92. The first-order valence-corrected chi connectivity index (χ1v) is 7.97. The minimum absolute atomic E-state index is 0.180. The van der Waals surface area contributed by atoms with E-state index in [4.69, 9.17) is 13.6 Å². The predicted molar refractivity (Wildman–Crippen MR) is 61.3 cm³/mol. The van der Waals surface area contributed by atoms with Crippen molar-refractivity contribution in [3.63, 3.8) is 0 Å². The summed E-state index contributed by atoms with van der Waals surface area (Å²) in [4.78, 5) is 0. The molecule has 0 amide bonds. The normalized spacial score (nSPS) is 34.2. The van der Waals surface area contributed by atoms with Crippen molar-refractivity contribution in [2.24, 2.45) is 0 Å². The number of hydrogen-bond acceptors (Lipinski definition) is 3. The summed E-state index contributed by atoms with van der Waals surface area (Å²) in [6.07, 6.45) is 5.65. The molecule has 2 aliphatic rings. The zero-order chi connectivity index (χ0) is 10.7. The van der Waals surface area contributed by atoms with Crippen LogP contribution >= 0.6 is 0 Å². The highest BCUT2D eigenvalue weighted by atomic mass is 28.3. The van der Waals surface area contributed by atoms with Crippen LogP contribution in [0.15, 0.2) is 0 Å². The second kappa shape index (κ2) is 4.95. The first-order chi connectivity index (χ1) is 7.30. The molecule has 0 aromatic rings. The summed E-state index contributed by atoms with van der Waals surface area (Å²) in [6.45, 7) is 5.64. The van der Waals surface area contributed by atoms with Gasteiger partial charge in [0, 0.05) is 19.3 Å². The topological polar surface area (TPSA) is 31.0 Å². The number of rotatable bonds is 6. The van der Waals surface area contributed by atoms with Crippen LogP contribution in [-0.4, -0.2) is 34.2 Å². The maximum absolute atomic E-state index is 5.86. The highest BCUT2D eigenvalue weighted by Crippen LogP contribution is 2.51. The van der Waals surface area contributed by atoms with Gasteiger partial charge in [0.05, 0.1) is 11.7 Å². The van der Waals surface area contributed by atoms with Gasteiger partial charge in [-0.3, -0.25) is 0 Å². The maximum atomic E-state index is 5.86. The van der Waals surface area contributed by atoms with Crippen molar-refractivity contribution in [1.29, 1.82) is 0 Å². The molecular weight excluding hydrogens is 208 g/mol. The van der Waals surface area contributed by atoms with Gasteiger partial charge in [0.25, 0.3) is 0 Å². The van der Waals surface area contributed by atoms with Gasteiger partial charge in [-0.25, -0.2) is 0 Å². The molecule has 0 spiro atoms. The molecule has 1 heterocycles. The molecule has 0 aromatic heterocycles. The highest BCUT2D eigenvalue weighted by Gasteiger charge is 2.58. The number of ether oxygens (including phenoxy) is 1. The van der Waals surface area contributed by atoms with Crippen molar-refractivity contribution in [2.45, 2.75) is 57.3 Å². The van der Waals surface area contributed by atoms with E-state index < -0.39 is 9.28 Å². The van der Waals surface area contributed by atoms with Gasteiger partial charge in [-0.05, 0) is 26.7 Å². The SMILES string of the molecule is CCO[SiH](CC12CCCCC1O2)OCC. The van der Waals surface area contributed by atoms with Crippen LogP contribution in [-0.2, 0) is 13.6 Å². The van der Waals surface area contributed by atoms with Crippen LogP contribution in [0.3, 0.4) is 0 Å². The molecule has 15 heavy (non-hydrogen) atoms. The Hall–Kier alpha value is 0.0969. The first kappa shape index (κ1) is 11.6. The van der Waals surface area contributed by atoms with Crippen molar-refractivity contribution < 1.29 is 13.6 Å². The molecule has 2 unspecified atom stereocenters. The molecule has 0 N–H and O–H groups in total. The fourth-order valence-electron chi connectivity index (χ4n) is 2.65. The van der Waals surface area contributed by atoms with Gasteiger partial charge >= 0.3 is 9.28 Å². The molecule has 2 atom stereocenters. The molecule has 1 aliphatic carbocycles. The molecule has 0 aromatic carbocycles. The Morgan fingerprint density at radius 2 is 2.00 bits per heavy atom. The third-order valence-electron chi connectivity index (χ3n) is 3.44. The smallest absolute Gasteiger partial charge is 0.324 e. The van der Waals surface area contributed by atoms with Crippen LogP contribution in [0.2, 0.25) is 6.04 Å². The second-order valence-electron chi connectivity index (χ2n) is 4.46. The molecule has 88 valence electrons. The molecule has 1 aliphatic heterocycles. The summed E-state index contributed by atoms with van der Waals surface area (Å²) in [5.41, 5.74) is 0.180. The fourth-order valence-corrected chi connectivity index (χ4v) is 4.85. The lowest BCUT2D eigenvalue weighted by Gasteiger charge is -2.21. The third kappa shape index (κ3) is 2.61. The standard InChI is InChI=1S/C11H22O3Si/c1-3-12-15(13-4-2)9-11-8-6-5-7-10(11)14-11/h10,15H,3-9H2,1-2H3. The van der Waals surface area contributed by atoms with Gasteiger partial charge in [0.2, 0.25) is 0 Å². The summed E-state index contributed by atoms with van der Waals surface area (Å²) in [7, 11) is -1.46. The van der Waals surface area contributed by atoms with Crippen LogP contribution in [0.5, 0.6) is 0 Å². The zero-order valence-corrected chi connectivity index (χ0v) is 11.0. The summed E-state index contributed by atoms with van der Waals surface area (Å²) in [5.74, 6) is 0. The van der Waals surface area contributed by atoms with Crippen molar-refractivity contribution in [2.75, 3.05) is 13.2 Å². The Labute approximate surface area is 93.9 Å². The van der Waals surface area contributed by atoms with Crippen LogP contribution < -0.4 is 0 Å².